The standard InChI is InChI=1S/C30H35FN4O3/c1-35-24-12-6-5-11-23(24)25(21-15-13-20(19-31)14-16-21)32-26(28(35)37)33-29(38)30(17-7-8-18-30)34-27(36)22-9-3-2-4-10-22/h5-6,11-16,22,26H,2-4,7-10,17-19H2,1H3,(H,33,38)(H,34,36). The molecule has 38 heavy (non-hydrogen) atoms. The van der Waals surface area contributed by atoms with Gasteiger partial charge in [-0.25, -0.2) is 9.38 Å². The molecule has 1 heterocycles. The molecule has 1 aliphatic heterocycles. The number of aliphatic imine (C=N–C) groups is 1. The smallest absolute Gasteiger partial charge is 0.272 e. The lowest BCUT2D eigenvalue weighted by Crippen LogP contribution is -2.61. The summed E-state index contributed by atoms with van der Waals surface area (Å²) in [6.07, 6.45) is 6.48. The zero-order chi connectivity index (χ0) is 26.7. The van der Waals surface area contributed by atoms with Gasteiger partial charge in [0.05, 0.1) is 11.4 Å². The number of hydrogen-bond acceptors (Lipinski definition) is 4. The third-order valence-electron chi connectivity index (χ3n) is 8.22. The maximum absolute atomic E-state index is 13.8. The third-order valence-corrected chi connectivity index (χ3v) is 8.22. The van der Waals surface area contributed by atoms with Crippen LogP contribution in [0.3, 0.4) is 0 Å². The molecule has 0 aromatic heterocycles. The number of hydrogen-bond donors (Lipinski definition) is 2. The molecule has 2 aromatic rings. The van der Waals surface area contributed by atoms with E-state index in [1.165, 1.54) is 4.90 Å². The van der Waals surface area contributed by atoms with Crippen LogP contribution in [-0.4, -0.2) is 42.2 Å². The van der Waals surface area contributed by atoms with Crippen LogP contribution in [0.4, 0.5) is 10.1 Å². The molecule has 0 saturated heterocycles. The van der Waals surface area contributed by atoms with Gasteiger partial charge in [-0.3, -0.25) is 14.4 Å². The molecular formula is C30H35FN4O3. The van der Waals surface area contributed by atoms with Crippen LogP contribution in [0, 0.1) is 5.92 Å². The molecule has 0 bridgehead atoms. The second-order valence-electron chi connectivity index (χ2n) is 10.7. The molecule has 2 N–H and O–H groups in total. The fourth-order valence-electron chi connectivity index (χ4n) is 5.95. The van der Waals surface area contributed by atoms with E-state index in [9.17, 15) is 18.8 Å². The lowest BCUT2D eigenvalue weighted by atomic mass is 9.87. The number of alkyl halides is 1. The number of benzodiazepines with no additional fused rings is 1. The highest BCUT2D eigenvalue weighted by Crippen LogP contribution is 2.33. The molecule has 0 radical (unpaired) electrons. The Morgan fingerprint density at radius 2 is 1.68 bits per heavy atom. The lowest BCUT2D eigenvalue weighted by Gasteiger charge is -2.33. The number of amides is 3. The van der Waals surface area contributed by atoms with Gasteiger partial charge in [-0.15, -0.1) is 0 Å². The topological polar surface area (TPSA) is 90.9 Å². The van der Waals surface area contributed by atoms with Crippen molar-refractivity contribution < 1.29 is 18.8 Å². The van der Waals surface area contributed by atoms with Crippen LogP contribution >= 0.6 is 0 Å². The summed E-state index contributed by atoms with van der Waals surface area (Å²) >= 11 is 0. The maximum atomic E-state index is 13.8. The molecule has 2 aliphatic carbocycles. The summed E-state index contributed by atoms with van der Waals surface area (Å²) in [6, 6.07) is 14.4. The van der Waals surface area contributed by atoms with E-state index in [0.29, 0.717) is 29.8 Å². The van der Waals surface area contributed by atoms with Gasteiger partial charge in [0.25, 0.3) is 5.91 Å². The molecule has 3 aliphatic rings. The molecule has 200 valence electrons. The lowest BCUT2D eigenvalue weighted by molar-refractivity contribution is -0.137. The van der Waals surface area contributed by atoms with Gasteiger partial charge >= 0.3 is 0 Å². The van der Waals surface area contributed by atoms with Crippen molar-refractivity contribution in [2.24, 2.45) is 10.9 Å². The van der Waals surface area contributed by atoms with E-state index in [1.807, 2.05) is 24.3 Å². The van der Waals surface area contributed by atoms with Crippen molar-refractivity contribution in [1.82, 2.24) is 10.6 Å². The molecule has 1 unspecified atom stereocenters. The number of fused-ring (bicyclic) bond motifs is 1. The predicted octanol–water partition coefficient (Wildman–Crippen LogP) is 4.42. The Kier molecular flexibility index (Phi) is 7.58. The van der Waals surface area contributed by atoms with Crippen LogP contribution in [0.25, 0.3) is 0 Å². The minimum atomic E-state index is -1.17. The van der Waals surface area contributed by atoms with Gasteiger partial charge in [0.15, 0.2) is 0 Å². The molecule has 2 fully saturated rings. The number of nitrogens with one attached hydrogen (secondary N) is 2. The van der Waals surface area contributed by atoms with Crippen molar-refractivity contribution in [3.05, 3.63) is 65.2 Å². The van der Waals surface area contributed by atoms with Gasteiger partial charge in [0.2, 0.25) is 18.0 Å². The normalized spacial score (nSPS) is 21.3. The first-order chi connectivity index (χ1) is 18.4. The van der Waals surface area contributed by atoms with Crippen molar-refractivity contribution >= 4 is 29.1 Å². The number of carbonyl (C=O) groups excluding carboxylic acids is 3. The highest BCUT2D eigenvalue weighted by atomic mass is 19.1. The predicted molar refractivity (Wildman–Crippen MR) is 145 cm³/mol. The second kappa shape index (κ2) is 11.1. The first-order valence-corrected chi connectivity index (χ1v) is 13.6. The summed E-state index contributed by atoms with van der Waals surface area (Å²) in [7, 11) is 1.67. The number of rotatable bonds is 6. The Balaban J connectivity index is 1.46. The number of carbonyl (C=O) groups is 3. The van der Waals surface area contributed by atoms with Crippen molar-refractivity contribution in [2.75, 3.05) is 11.9 Å². The summed E-state index contributed by atoms with van der Waals surface area (Å²) in [5, 5.41) is 6.00. The highest BCUT2D eigenvalue weighted by molar-refractivity contribution is 6.20. The Hall–Kier alpha value is -3.55. The summed E-state index contributed by atoms with van der Waals surface area (Å²) in [6.45, 7) is -0.572. The zero-order valence-corrected chi connectivity index (χ0v) is 21.8. The van der Waals surface area contributed by atoms with Crippen molar-refractivity contribution in [1.29, 1.82) is 0 Å². The monoisotopic (exact) mass is 518 g/mol. The van der Waals surface area contributed by atoms with Gasteiger partial charge in [-0.05, 0) is 37.3 Å². The van der Waals surface area contributed by atoms with E-state index >= 15 is 0 Å². The molecule has 3 amide bonds. The molecule has 1 atom stereocenters. The highest BCUT2D eigenvalue weighted by Gasteiger charge is 2.45. The minimum Gasteiger partial charge on any atom is -0.341 e. The SMILES string of the molecule is CN1C(=O)C(NC(=O)C2(NC(=O)C3CCCCC3)CCCC2)N=C(c2ccc(CF)cc2)c2ccccc21. The maximum Gasteiger partial charge on any atom is 0.272 e. The quantitative estimate of drug-likeness (QED) is 0.593. The van der Waals surface area contributed by atoms with E-state index in [-0.39, 0.29) is 23.6 Å². The molecule has 7 nitrogen and oxygen atoms in total. The Morgan fingerprint density at radius 1 is 1.00 bits per heavy atom. The molecule has 5 rings (SSSR count). The van der Waals surface area contributed by atoms with Crippen molar-refractivity contribution in [2.45, 2.75) is 76.2 Å². The number of para-hydroxylation sites is 1. The van der Waals surface area contributed by atoms with Gasteiger partial charge in [-0.2, -0.15) is 0 Å². The molecule has 0 spiro atoms. The summed E-state index contributed by atoms with van der Waals surface area (Å²) < 4.78 is 13.1. The summed E-state index contributed by atoms with van der Waals surface area (Å²) in [5.41, 5.74) is 2.19. The number of anilines is 1. The van der Waals surface area contributed by atoms with Crippen LogP contribution in [0.5, 0.6) is 0 Å². The van der Waals surface area contributed by atoms with E-state index in [4.69, 9.17) is 4.99 Å². The Bertz CT molecular complexity index is 1230. The van der Waals surface area contributed by atoms with Crippen LogP contribution in [0.15, 0.2) is 53.5 Å². The average Bonchev–Trinajstić information content (AvgIpc) is 3.41. The number of benzene rings is 2. The van der Waals surface area contributed by atoms with E-state index in [2.05, 4.69) is 10.6 Å². The van der Waals surface area contributed by atoms with E-state index in [0.717, 1.165) is 56.1 Å². The average molecular weight is 519 g/mol. The summed E-state index contributed by atoms with van der Waals surface area (Å²) in [4.78, 5) is 46.8. The van der Waals surface area contributed by atoms with Gasteiger partial charge in [-0.1, -0.05) is 74.6 Å². The first-order valence-electron chi connectivity index (χ1n) is 13.6. The zero-order valence-electron chi connectivity index (χ0n) is 21.8. The first kappa shape index (κ1) is 26.1. The fraction of sp³-hybridized carbons (Fsp3) is 0.467. The number of halogens is 1. The molecule has 2 aromatic carbocycles. The van der Waals surface area contributed by atoms with Crippen LogP contribution in [0.2, 0.25) is 0 Å². The summed E-state index contributed by atoms with van der Waals surface area (Å²) in [5.74, 6) is -0.859. The minimum absolute atomic E-state index is 0.0596. The largest absolute Gasteiger partial charge is 0.341 e. The van der Waals surface area contributed by atoms with Crippen LogP contribution in [-0.2, 0) is 21.1 Å². The number of nitrogens with zero attached hydrogens (tertiary/aromatic N) is 2. The van der Waals surface area contributed by atoms with Crippen molar-refractivity contribution in [3.63, 3.8) is 0 Å². The molecule has 8 heteroatoms. The van der Waals surface area contributed by atoms with E-state index < -0.39 is 18.4 Å². The van der Waals surface area contributed by atoms with Gasteiger partial charge in [0.1, 0.15) is 12.2 Å². The van der Waals surface area contributed by atoms with Crippen LogP contribution < -0.4 is 15.5 Å². The molecular weight excluding hydrogens is 483 g/mol. The Labute approximate surface area is 222 Å². The van der Waals surface area contributed by atoms with Crippen molar-refractivity contribution in [3.8, 4) is 0 Å². The fourth-order valence-corrected chi connectivity index (χ4v) is 5.95. The van der Waals surface area contributed by atoms with E-state index in [1.54, 1.807) is 31.3 Å². The number of likely N-dealkylation sites (N-methyl/N-ethyl adjacent to an activating group) is 1. The molecule has 2 saturated carbocycles. The van der Waals surface area contributed by atoms with Gasteiger partial charge < -0.3 is 15.5 Å². The van der Waals surface area contributed by atoms with Crippen LogP contribution in [0.1, 0.15) is 74.5 Å². The third kappa shape index (κ3) is 5.08. The van der Waals surface area contributed by atoms with Gasteiger partial charge in [0, 0.05) is 24.1 Å². The Morgan fingerprint density at radius 3 is 2.37 bits per heavy atom. The second-order valence-corrected chi connectivity index (χ2v) is 10.7.